The molecule has 0 aliphatic rings. The number of carboxylic acid groups (broad SMARTS) is 1. The molecule has 210 valence electrons. The summed E-state index contributed by atoms with van der Waals surface area (Å²) in [5.41, 5.74) is 1.93. The first-order valence-electron chi connectivity index (χ1n) is 13.4. The Morgan fingerprint density at radius 2 is 1.71 bits per heavy atom. The minimum Gasteiger partial charge on any atom is -0.496 e. The molecule has 0 fully saturated rings. The van der Waals surface area contributed by atoms with Crippen LogP contribution >= 0.6 is 0 Å². The van der Waals surface area contributed by atoms with Crippen molar-refractivity contribution in [2.75, 3.05) is 18.2 Å². The Morgan fingerprint density at radius 1 is 1.00 bits per heavy atom. The molecule has 8 heteroatoms. The van der Waals surface area contributed by atoms with Crippen LogP contribution in [0, 0.1) is 0 Å². The number of amides is 1. The molecule has 0 aliphatic carbocycles. The van der Waals surface area contributed by atoms with Crippen LogP contribution in [0.3, 0.4) is 0 Å². The molecule has 0 aliphatic heterocycles. The highest BCUT2D eigenvalue weighted by molar-refractivity contribution is 7.91. The maximum atomic E-state index is 13.4. The lowest BCUT2D eigenvalue weighted by Crippen LogP contribution is -2.21. The number of nitrogens with one attached hydrogen (secondary N) is 1. The first-order chi connectivity index (χ1) is 17.8. The summed E-state index contributed by atoms with van der Waals surface area (Å²) in [6.45, 7) is 9.99. The van der Waals surface area contributed by atoms with E-state index in [0.717, 1.165) is 43.2 Å². The van der Waals surface area contributed by atoms with E-state index in [4.69, 9.17) is 4.74 Å². The van der Waals surface area contributed by atoms with Gasteiger partial charge in [-0.2, -0.15) is 0 Å². The van der Waals surface area contributed by atoms with Crippen molar-refractivity contribution in [1.82, 2.24) is 0 Å². The fourth-order valence-electron chi connectivity index (χ4n) is 4.65. The monoisotopic (exact) mass is 545 g/mol. The van der Waals surface area contributed by atoms with Crippen LogP contribution < -0.4 is 10.1 Å². The molecule has 7 nitrogen and oxygen atoms in total. The van der Waals surface area contributed by atoms with E-state index in [1.54, 1.807) is 30.3 Å². The molecule has 0 saturated carbocycles. The van der Waals surface area contributed by atoms with E-state index < -0.39 is 15.8 Å². The Bertz CT molecular complexity index is 1210. The van der Waals surface area contributed by atoms with Crippen molar-refractivity contribution in [3.8, 4) is 5.75 Å². The van der Waals surface area contributed by atoms with E-state index in [2.05, 4.69) is 12.2 Å². The van der Waals surface area contributed by atoms with Gasteiger partial charge in [-0.05, 0) is 59.6 Å². The van der Waals surface area contributed by atoms with E-state index in [9.17, 15) is 23.1 Å². The minimum atomic E-state index is -3.41. The van der Waals surface area contributed by atoms with Crippen molar-refractivity contribution < 1.29 is 27.9 Å². The van der Waals surface area contributed by atoms with Gasteiger partial charge in [-0.3, -0.25) is 4.79 Å². The number of hydrogen-bond donors (Lipinski definition) is 2. The second-order valence-corrected chi connectivity index (χ2v) is 12.9. The number of methoxy groups -OCH3 is 1. The third kappa shape index (κ3) is 8.58. The molecule has 1 unspecified atom stereocenters. The lowest BCUT2D eigenvalue weighted by molar-refractivity contribution is -0.116. The summed E-state index contributed by atoms with van der Waals surface area (Å²) in [4.78, 5) is 25.2. The predicted octanol–water partition coefficient (Wildman–Crippen LogP) is 6.96. The molecule has 1 amide bonds. The molecule has 0 bridgehead atoms. The molecule has 38 heavy (non-hydrogen) atoms. The lowest BCUT2D eigenvalue weighted by Gasteiger charge is -2.25. The number of ether oxygens (including phenoxy) is 1. The zero-order valence-electron chi connectivity index (χ0n) is 23.6. The van der Waals surface area contributed by atoms with E-state index in [0.29, 0.717) is 17.9 Å². The fraction of sp³-hybridized carbons (Fsp3) is 0.533. The molecule has 2 rings (SSSR count). The van der Waals surface area contributed by atoms with Crippen LogP contribution in [0.4, 0.5) is 5.69 Å². The van der Waals surface area contributed by atoms with Crippen molar-refractivity contribution in [2.45, 2.75) is 95.8 Å². The number of benzene rings is 2. The number of hydrogen-bond acceptors (Lipinski definition) is 5. The van der Waals surface area contributed by atoms with Gasteiger partial charge in [0, 0.05) is 12.1 Å². The standard InChI is InChI=1S/C30H43NO6S/c1-7-9-10-11-12-21(24-15-14-23(20-27(24)37-6)38(35,36)17-8-2)19-28(32)31-26-18-22(29(33)34)13-16-25(26)30(3,4)5/h13-16,18,20-21H,7-12,17,19H2,1-6H3,(H,31,32)(H,33,34). The third-order valence-electron chi connectivity index (χ3n) is 6.66. The predicted molar refractivity (Wildman–Crippen MR) is 152 cm³/mol. The molecule has 2 aromatic rings. The summed E-state index contributed by atoms with van der Waals surface area (Å²) in [5.74, 6) is -0.964. The number of rotatable bonds is 14. The zero-order chi connectivity index (χ0) is 28.5. The van der Waals surface area contributed by atoms with Crippen molar-refractivity contribution in [2.24, 2.45) is 0 Å². The fourth-order valence-corrected chi connectivity index (χ4v) is 5.99. The van der Waals surface area contributed by atoms with Crippen LogP contribution in [-0.2, 0) is 20.0 Å². The molecular formula is C30H43NO6S. The van der Waals surface area contributed by atoms with Gasteiger partial charge in [-0.15, -0.1) is 0 Å². The van der Waals surface area contributed by atoms with Crippen molar-refractivity contribution in [3.63, 3.8) is 0 Å². The summed E-state index contributed by atoms with van der Waals surface area (Å²) < 4.78 is 30.9. The topological polar surface area (TPSA) is 110 Å². The molecule has 0 spiro atoms. The zero-order valence-corrected chi connectivity index (χ0v) is 24.4. The van der Waals surface area contributed by atoms with Gasteiger partial charge in [0.05, 0.1) is 23.3 Å². The van der Waals surface area contributed by atoms with Gasteiger partial charge in [-0.1, -0.05) is 72.4 Å². The van der Waals surface area contributed by atoms with E-state index in [1.807, 2.05) is 27.7 Å². The number of sulfone groups is 1. The van der Waals surface area contributed by atoms with Gasteiger partial charge in [0.2, 0.25) is 5.91 Å². The summed E-state index contributed by atoms with van der Waals surface area (Å²) >= 11 is 0. The average molecular weight is 546 g/mol. The number of unbranched alkanes of at least 4 members (excludes halogenated alkanes) is 3. The second kappa shape index (κ2) is 13.8. The smallest absolute Gasteiger partial charge is 0.335 e. The SMILES string of the molecule is CCCCCCC(CC(=O)Nc1cc(C(=O)O)ccc1C(C)(C)C)c1ccc(S(=O)(=O)CCC)cc1OC. The average Bonchev–Trinajstić information content (AvgIpc) is 2.84. The number of carbonyl (C=O) groups excluding carboxylic acids is 1. The normalized spacial score (nSPS) is 12.7. The van der Waals surface area contributed by atoms with Gasteiger partial charge < -0.3 is 15.2 Å². The molecule has 2 N–H and O–H groups in total. The number of anilines is 1. The molecule has 0 aromatic heterocycles. The van der Waals surface area contributed by atoms with Crippen LogP contribution in [0.2, 0.25) is 0 Å². The number of aromatic carboxylic acids is 1. The van der Waals surface area contributed by atoms with Gasteiger partial charge in [0.25, 0.3) is 0 Å². The quantitative estimate of drug-likeness (QED) is 0.248. The highest BCUT2D eigenvalue weighted by Gasteiger charge is 2.25. The highest BCUT2D eigenvalue weighted by Crippen LogP contribution is 2.36. The molecular weight excluding hydrogens is 502 g/mol. The summed E-state index contributed by atoms with van der Waals surface area (Å²) in [6, 6.07) is 9.74. The Labute approximate surface area is 227 Å². The molecule has 1 atom stereocenters. The highest BCUT2D eigenvalue weighted by atomic mass is 32.2. The maximum absolute atomic E-state index is 13.4. The lowest BCUT2D eigenvalue weighted by atomic mass is 9.85. The van der Waals surface area contributed by atoms with Gasteiger partial charge in [-0.25, -0.2) is 13.2 Å². The van der Waals surface area contributed by atoms with Crippen molar-refractivity contribution in [3.05, 3.63) is 53.1 Å². The maximum Gasteiger partial charge on any atom is 0.335 e. The Hall–Kier alpha value is -2.87. The Morgan fingerprint density at radius 3 is 2.29 bits per heavy atom. The third-order valence-corrected chi connectivity index (χ3v) is 8.58. The molecule has 0 heterocycles. The molecule has 2 aromatic carbocycles. The van der Waals surface area contributed by atoms with Gasteiger partial charge >= 0.3 is 5.97 Å². The van der Waals surface area contributed by atoms with Gasteiger partial charge in [0.1, 0.15) is 5.75 Å². The van der Waals surface area contributed by atoms with E-state index in [-0.39, 0.29) is 39.9 Å². The first kappa shape index (κ1) is 31.3. The van der Waals surface area contributed by atoms with E-state index in [1.165, 1.54) is 13.2 Å². The summed E-state index contributed by atoms with van der Waals surface area (Å²) in [6.07, 6.45) is 5.57. The largest absolute Gasteiger partial charge is 0.496 e. The first-order valence-corrected chi connectivity index (χ1v) is 15.1. The van der Waals surface area contributed by atoms with Crippen LogP contribution in [0.25, 0.3) is 0 Å². The molecule has 0 radical (unpaired) electrons. The van der Waals surface area contributed by atoms with Crippen LogP contribution in [0.15, 0.2) is 41.3 Å². The summed E-state index contributed by atoms with van der Waals surface area (Å²) in [7, 11) is -1.90. The minimum absolute atomic E-state index is 0.0594. The van der Waals surface area contributed by atoms with Crippen LogP contribution in [0.1, 0.15) is 107 Å². The Balaban J connectivity index is 2.41. The van der Waals surface area contributed by atoms with E-state index >= 15 is 0 Å². The van der Waals surface area contributed by atoms with Crippen molar-refractivity contribution in [1.29, 1.82) is 0 Å². The van der Waals surface area contributed by atoms with Gasteiger partial charge in [0.15, 0.2) is 9.84 Å². The Kier molecular flexibility index (Phi) is 11.4. The van der Waals surface area contributed by atoms with Crippen molar-refractivity contribution >= 4 is 27.4 Å². The van der Waals surface area contributed by atoms with Crippen LogP contribution in [0.5, 0.6) is 5.75 Å². The number of carboxylic acids is 1. The number of carbonyl (C=O) groups is 2. The summed E-state index contributed by atoms with van der Waals surface area (Å²) in [5, 5.41) is 12.4. The van der Waals surface area contributed by atoms with Crippen LogP contribution in [-0.4, -0.2) is 38.3 Å². The molecule has 0 saturated heterocycles. The second-order valence-electron chi connectivity index (χ2n) is 10.8.